The van der Waals surface area contributed by atoms with Crippen LogP contribution < -0.4 is 4.90 Å². The van der Waals surface area contributed by atoms with Gasteiger partial charge in [0.15, 0.2) is 0 Å². The van der Waals surface area contributed by atoms with Crippen LogP contribution in [0.15, 0.2) is 36.7 Å². The van der Waals surface area contributed by atoms with Crippen molar-refractivity contribution in [2.75, 3.05) is 11.4 Å². The van der Waals surface area contributed by atoms with Crippen molar-refractivity contribution in [3.8, 4) is 0 Å². The zero-order valence-electron chi connectivity index (χ0n) is 11.8. The van der Waals surface area contributed by atoms with Gasteiger partial charge in [0, 0.05) is 31.3 Å². The molecule has 1 aliphatic heterocycles. The van der Waals surface area contributed by atoms with Crippen LogP contribution in [-0.4, -0.2) is 26.5 Å². The van der Waals surface area contributed by atoms with Crippen LogP contribution in [0.2, 0.25) is 0 Å². The van der Waals surface area contributed by atoms with Crippen LogP contribution in [0.5, 0.6) is 0 Å². The summed E-state index contributed by atoms with van der Waals surface area (Å²) in [4.78, 5) is 20.3. The Morgan fingerprint density at radius 3 is 2.76 bits per heavy atom. The fourth-order valence-electron chi connectivity index (χ4n) is 2.71. The predicted molar refractivity (Wildman–Crippen MR) is 81.1 cm³/mol. The lowest BCUT2D eigenvalue weighted by molar-refractivity contribution is 0.691. The van der Waals surface area contributed by atoms with Crippen molar-refractivity contribution in [2.45, 2.75) is 19.9 Å². The second kappa shape index (κ2) is 4.77. The van der Waals surface area contributed by atoms with Crippen LogP contribution in [0.1, 0.15) is 17.1 Å². The van der Waals surface area contributed by atoms with Gasteiger partial charge in [-0.2, -0.15) is 0 Å². The summed E-state index contributed by atoms with van der Waals surface area (Å²) < 4.78 is 0. The minimum absolute atomic E-state index is 0.794. The number of aryl methyl sites for hydroxylation is 1. The molecule has 1 aromatic carbocycles. The largest absolute Gasteiger partial charge is 0.350 e. The molecule has 21 heavy (non-hydrogen) atoms. The average molecular weight is 277 g/mol. The Bertz CT molecular complexity index is 815. The normalized spacial score (nSPS) is 14.2. The monoisotopic (exact) mass is 277 g/mol. The molecule has 3 aromatic rings. The van der Waals surface area contributed by atoms with Gasteiger partial charge in [-0.1, -0.05) is 12.1 Å². The quantitative estimate of drug-likeness (QED) is 0.683. The highest BCUT2D eigenvalue weighted by atomic mass is 15.2. The van der Waals surface area contributed by atoms with Crippen LogP contribution in [-0.2, 0) is 13.0 Å². The van der Waals surface area contributed by atoms with E-state index in [9.17, 15) is 0 Å². The first-order valence-corrected chi connectivity index (χ1v) is 7.08. The molecule has 0 amide bonds. The Morgan fingerprint density at radius 1 is 1.00 bits per heavy atom. The van der Waals surface area contributed by atoms with Gasteiger partial charge in [-0.25, -0.2) is 15.0 Å². The summed E-state index contributed by atoms with van der Waals surface area (Å²) >= 11 is 0. The number of aromatic nitrogens is 4. The first-order chi connectivity index (χ1) is 10.3. The van der Waals surface area contributed by atoms with Gasteiger partial charge >= 0.3 is 0 Å². The molecule has 3 heterocycles. The highest BCUT2D eigenvalue weighted by Crippen LogP contribution is 2.22. The summed E-state index contributed by atoms with van der Waals surface area (Å²) in [6.45, 7) is 3.64. The molecule has 0 spiro atoms. The van der Waals surface area contributed by atoms with Crippen molar-refractivity contribution in [1.82, 2.24) is 19.9 Å². The van der Waals surface area contributed by atoms with Crippen LogP contribution in [0.4, 0.5) is 5.82 Å². The van der Waals surface area contributed by atoms with Gasteiger partial charge in [0.05, 0.1) is 22.9 Å². The topological polar surface area (TPSA) is 54.8 Å². The number of benzene rings is 1. The van der Waals surface area contributed by atoms with E-state index in [1.807, 2.05) is 43.6 Å². The highest BCUT2D eigenvalue weighted by molar-refractivity contribution is 5.75. The number of hydrogen-bond donors (Lipinski definition) is 0. The van der Waals surface area contributed by atoms with Crippen molar-refractivity contribution in [3.63, 3.8) is 0 Å². The van der Waals surface area contributed by atoms with Gasteiger partial charge in [0.2, 0.25) is 0 Å². The number of para-hydroxylation sites is 2. The summed E-state index contributed by atoms with van der Waals surface area (Å²) in [5.41, 5.74) is 4.20. The summed E-state index contributed by atoms with van der Waals surface area (Å²) in [5, 5.41) is 0. The molecule has 0 saturated heterocycles. The summed E-state index contributed by atoms with van der Waals surface area (Å²) in [6, 6.07) is 7.95. The molecule has 5 heteroatoms. The molecule has 5 nitrogen and oxygen atoms in total. The summed E-state index contributed by atoms with van der Waals surface area (Å²) in [5.74, 6) is 1.76. The lowest BCUT2D eigenvalue weighted by Gasteiger charge is -2.28. The minimum atomic E-state index is 0.794. The van der Waals surface area contributed by atoms with E-state index in [4.69, 9.17) is 4.98 Å². The SMILES string of the molecule is Cc1ncc2c(n1)CCN(c1cnc3ccccc3n1)C2. The molecule has 1 aliphatic rings. The van der Waals surface area contributed by atoms with Gasteiger partial charge in [0.1, 0.15) is 11.6 Å². The second-order valence-electron chi connectivity index (χ2n) is 5.28. The lowest BCUT2D eigenvalue weighted by Crippen LogP contribution is -2.32. The molecule has 0 fully saturated rings. The van der Waals surface area contributed by atoms with E-state index in [0.29, 0.717) is 0 Å². The Hall–Kier alpha value is -2.56. The summed E-state index contributed by atoms with van der Waals surface area (Å²) in [6.07, 6.45) is 4.70. The van der Waals surface area contributed by atoms with Crippen LogP contribution in [0, 0.1) is 6.92 Å². The van der Waals surface area contributed by atoms with Crippen molar-refractivity contribution < 1.29 is 0 Å². The smallest absolute Gasteiger partial charge is 0.148 e. The zero-order valence-corrected chi connectivity index (χ0v) is 11.8. The van der Waals surface area contributed by atoms with E-state index < -0.39 is 0 Å². The number of anilines is 1. The Morgan fingerprint density at radius 2 is 1.86 bits per heavy atom. The fraction of sp³-hybridized carbons (Fsp3) is 0.250. The standard InChI is InChI=1S/C16H15N5/c1-11-17-8-12-10-21(7-6-13(12)19-11)16-9-18-14-4-2-3-5-15(14)20-16/h2-5,8-9H,6-7,10H2,1H3. The third-order valence-electron chi connectivity index (χ3n) is 3.81. The Labute approximate surface area is 122 Å². The highest BCUT2D eigenvalue weighted by Gasteiger charge is 2.19. The molecule has 104 valence electrons. The molecule has 0 bridgehead atoms. The van der Waals surface area contributed by atoms with Crippen LogP contribution in [0.3, 0.4) is 0 Å². The van der Waals surface area contributed by atoms with E-state index in [1.54, 1.807) is 0 Å². The maximum atomic E-state index is 4.71. The number of nitrogens with zero attached hydrogens (tertiary/aromatic N) is 5. The zero-order chi connectivity index (χ0) is 14.2. The first-order valence-electron chi connectivity index (χ1n) is 7.08. The van der Waals surface area contributed by atoms with Crippen LogP contribution in [0.25, 0.3) is 11.0 Å². The maximum absolute atomic E-state index is 4.71. The molecular formula is C16H15N5. The molecule has 0 aliphatic carbocycles. The van der Waals surface area contributed by atoms with E-state index in [0.717, 1.165) is 47.9 Å². The van der Waals surface area contributed by atoms with E-state index >= 15 is 0 Å². The molecule has 2 aromatic heterocycles. The molecule has 0 radical (unpaired) electrons. The molecular weight excluding hydrogens is 262 g/mol. The number of fused-ring (bicyclic) bond motifs is 2. The lowest BCUT2D eigenvalue weighted by atomic mass is 10.1. The summed E-state index contributed by atoms with van der Waals surface area (Å²) in [7, 11) is 0. The third kappa shape index (κ3) is 2.20. The maximum Gasteiger partial charge on any atom is 0.148 e. The van der Waals surface area contributed by atoms with E-state index in [2.05, 4.69) is 19.9 Å². The van der Waals surface area contributed by atoms with Crippen molar-refractivity contribution in [2.24, 2.45) is 0 Å². The minimum Gasteiger partial charge on any atom is -0.350 e. The third-order valence-corrected chi connectivity index (χ3v) is 3.81. The molecule has 0 unspecified atom stereocenters. The first kappa shape index (κ1) is 12.2. The van der Waals surface area contributed by atoms with Gasteiger partial charge < -0.3 is 4.90 Å². The molecule has 4 rings (SSSR count). The van der Waals surface area contributed by atoms with Gasteiger partial charge in [-0.15, -0.1) is 0 Å². The van der Waals surface area contributed by atoms with Crippen molar-refractivity contribution >= 4 is 16.9 Å². The number of hydrogen-bond acceptors (Lipinski definition) is 5. The van der Waals surface area contributed by atoms with E-state index in [-0.39, 0.29) is 0 Å². The van der Waals surface area contributed by atoms with Gasteiger partial charge in [-0.3, -0.25) is 4.98 Å². The van der Waals surface area contributed by atoms with E-state index in [1.165, 1.54) is 5.56 Å². The average Bonchev–Trinajstić information content (AvgIpc) is 2.54. The van der Waals surface area contributed by atoms with Crippen LogP contribution >= 0.6 is 0 Å². The fourth-order valence-corrected chi connectivity index (χ4v) is 2.71. The predicted octanol–water partition coefficient (Wildman–Crippen LogP) is 2.29. The van der Waals surface area contributed by atoms with Gasteiger partial charge in [-0.05, 0) is 19.1 Å². The molecule has 0 saturated carbocycles. The Kier molecular flexibility index (Phi) is 2.77. The second-order valence-corrected chi connectivity index (χ2v) is 5.28. The van der Waals surface area contributed by atoms with Gasteiger partial charge in [0.25, 0.3) is 0 Å². The van der Waals surface area contributed by atoms with Crippen molar-refractivity contribution in [1.29, 1.82) is 0 Å². The number of rotatable bonds is 1. The molecule has 0 atom stereocenters. The molecule has 0 N–H and O–H groups in total. The van der Waals surface area contributed by atoms with Crippen molar-refractivity contribution in [3.05, 3.63) is 53.7 Å². The Balaban J connectivity index is 1.68.